The molecule has 2 rings (SSSR count). The number of rotatable bonds is 7. The van der Waals surface area contributed by atoms with Crippen molar-refractivity contribution in [3.05, 3.63) is 51.8 Å². The Balaban J connectivity index is 2.89. The zero-order chi connectivity index (χ0) is 19.4. The third-order valence-corrected chi connectivity index (χ3v) is 4.15. The van der Waals surface area contributed by atoms with Crippen LogP contribution in [-0.4, -0.2) is 28.0 Å². The number of aryl methyl sites for hydroxylation is 1. The first-order valence-corrected chi connectivity index (χ1v) is 8.58. The van der Waals surface area contributed by atoms with E-state index >= 15 is 0 Å². The first-order chi connectivity index (χ1) is 12.4. The maximum Gasteiger partial charge on any atom is 0.347 e. The van der Waals surface area contributed by atoms with E-state index in [2.05, 4.69) is 6.58 Å². The van der Waals surface area contributed by atoms with Crippen LogP contribution in [0.15, 0.2) is 29.6 Å². The Morgan fingerprint density at radius 2 is 2.00 bits per heavy atom. The van der Waals surface area contributed by atoms with Crippen LogP contribution in [-0.2, 0) is 11.3 Å². The summed E-state index contributed by atoms with van der Waals surface area (Å²) in [5, 5.41) is 10.9. The number of ketones is 1. The molecule has 1 aromatic carbocycles. The second kappa shape index (κ2) is 7.99. The molecule has 26 heavy (non-hydrogen) atoms. The fourth-order valence-corrected chi connectivity index (χ4v) is 2.95. The summed E-state index contributed by atoms with van der Waals surface area (Å²) in [4.78, 5) is 37.3. The predicted molar refractivity (Wildman–Crippen MR) is 100 cm³/mol. The summed E-state index contributed by atoms with van der Waals surface area (Å²) in [6.45, 7) is 9.17. The number of hydrogen-bond acceptors (Lipinski definition) is 5. The van der Waals surface area contributed by atoms with Crippen molar-refractivity contribution in [3.8, 4) is 5.75 Å². The molecule has 0 saturated heterocycles. The quantitative estimate of drug-likeness (QED) is 0.466. The molecule has 0 amide bonds. The Labute approximate surface area is 151 Å². The smallest absolute Gasteiger partial charge is 0.347 e. The van der Waals surface area contributed by atoms with Crippen LogP contribution < -0.4 is 5.56 Å². The van der Waals surface area contributed by atoms with Gasteiger partial charge in [0.15, 0.2) is 11.3 Å². The fraction of sp³-hybridized carbons (Fsp3) is 0.350. The van der Waals surface area contributed by atoms with E-state index in [1.807, 2.05) is 6.92 Å². The van der Waals surface area contributed by atoms with Gasteiger partial charge in [0.2, 0.25) is 0 Å². The van der Waals surface area contributed by atoms with Gasteiger partial charge in [-0.05, 0) is 38.0 Å². The number of aromatic nitrogens is 1. The van der Waals surface area contributed by atoms with E-state index in [9.17, 15) is 19.5 Å². The van der Waals surface area contributed by atoms with Crippen molar-refractivity contribution in [1.29, 1.82) is 0 Å². The number of fused-ring (bicyclic) bond motifs is 1. The number of carbonyl (C=O) groups is 2. The third kappa shape index (κ3) is 3.40. The molecule has 1 heterocycles. The monoisotopic (exact) mass is 357 g/mol. The topological polar surface area (TPSA) is 85.6 Å². The Hall–Kier alpha value is -2.89. The second-order valence-corrected chi connectivity index (χ2v) is 6.01. The molecular formula is C20H23NO5. The lowest BCUT2D eigenvalue weighted by molar-refractivity contribution is 0.0520. The first kappa shape index (κ1) is 19.4. The highest BCUT2D eigenvalue weighted by molar-refractivity contribution is 6.05. The lowest BCUT2D eigenvalue weighted by Crippen LogP contribution is -2.28. The van der Waals surface area contributed by atoms with Crippen LogP contribution in [0.25, 0.3) is 10.9 Å². The minimum Gasteiger partial charge on any atom is -0.506 e. The highest BCUT2D eigenvalue weighted by Gasteiger charge is 2.24. The van der Waals surface area contributed by atoms with Gasteiger partial charge in [-0.1, -0.05) is 13.0 Å². The van der Waals surface area contributed by atoms with E-state index in [4.69, 9.17) is 4.74 Å². The van der Waals surface area contributed by atoms with Crippen molar-refractivity contribution in [2.75, 3.05) is 6.61 Å². The van der Waals surface area contributed by atoms with Crippen molar-refractivity contribution in [2.45, 2.75) is 40.2 Å². The summed E-state index contributed by atoms with van der Waals surface area (Å²) in [5.41, 5.74) is 0.523. The van der Waals surface area contributed by atoms with Crippen LogP contribution >= 0.6 is 0 Å². The van der Waals surface area contributed by atoms with Gasteiger partial charge in [0.05, 0.1) is 12.1 Å². The van der Waals surface area contributed by atoms with Gasteiger partial charge in [0.1, 0.15) is 5.75 Å². The number of nitrogens with zero attached hydrogens (tertiary/aromatic N) is 1. The molecule has 0 aliphatic carbocycles. The number of benzene rings is 1. The van der Waals surface area contributed by atoms with Gasteiger partial charge in [0.25, 0.3) is 5.56 Å². The zero-order valence-corrected chi connectivity index (χ0v) is 15.3. The molecule has 1 N–H and O–H groups in total. The Morgan fingerprint density at radius 3 is 2.58 bits per heavy atom. The van der Waals surface area contributed by atoms with Crippen molar-refractivity contribution >= 4 is 22.7 Å². The molecule has 2 aromatic rings. The molecular weight excluding hydrogens is 334 g/mol. The van der Waals surface area contributed by atoms with Gasteiger partial charge >= 0.3 is 5.97 Å². The molecule has 0 atom stereocenters. The Bertz CT molecular complexity index is 940. The molecule has 0 unspecified atom stereocenters. The average Bonchev–Trinajstić information content (AvgIpc) is 2.58. The van der Waals surface area contributed by atoms with Crippen molar-refractivity contribution < 1.29 is 19.4 Å². The molecule has 6 nitrogen and oxygen atoms in total. The van der Waals surface area contributed by atoms with E-state index in [1.165, 1.54) is 10.6 Å². The molecule has 0 aliphatic rings. The summed E-state index contributed by atoms with van der Waals surface area (Å²) in [6.07, 6.45) is 2.61. The standard InChI is InChI=1S/C20H23NO5/c1-5-8-16(22)13-11-14-15(10-12(13)4)21(9-6-2)19(24)17(18(14)23)20(25)26-7-3/h6,10-11,23H,2,5,7-9H2,1,3-4H3. The van der Waals surface area contributed by atoms with Gasteiger partial charge in [-0.25, -0.2) is 4.79 Å². The van der Waals surface area contributed by atoms with Crippen molar-refractivity contribution in [1.82, 2.24) is 4.57 Å². The lowest BCUT2D eigenvalue weighted by atomic mass is 9.97. The van der Waals surface area contributed by atoms with Gasteiger partial charge in [0, 0.05) is 23.9 Å². The minimum absolute atomic E-state index is 0.0505. The van der Waals surface area contributed by atoms with E-state index in [0.717, 1.165) is 0 Å². The number of Topliss-reactive ketones (excluding diaryl/α,β-unsaturated/α-hetero) is 1. The summed E-state index contributed by atoms with van der Waals surface area (Å²) < 4.78 is 6.25. The van der Waals surface area contributed by atoms with Crippen LogP contribution in [0.5, 0.6) is 5.75 Å². The molecule has 1 aromatic heterocycles. The Kier molecular flexibility index (Phi) is 5.97. The predicted octanol–water partition coefficient (Wildman–Crippen LogP) is 3.36. The van der Waals surface area contributed by atoms with Crippen LogP contribution in [0.2, 0.25) is 0 Å². The molecule has 6 heteroatoms. The molecule has 0 saturated carbocycles. The van der Waals surface area contributed by atoms with E-state index in [-0.39, 0.29) is 24.3 Å². The number of ether oxygens (including phenoxy) is 1. The molecule has 0 radical (unpaired) electrons. The van der Waals surface area contributed by atoms with Crippen molar-refractivity contribution in [3.63, 3.8) is 0 Å². The number of aromatic hydroxyl groups is 1. The zero-order valence-electron chi connectivity index (χ0n) is 15.3. The molecule has 0 spiro atoms. The van der Waals surface area contributed by atoms with Crippen molar-refractivity contribution in [2.24, 2.45) is 0 Å². The highest BCUT2D eigenvalue weighted by atomic mass is 16.5. The summed E-state index contributed by atoms with van der Waals surface area (Å²) in [7, 11) is 0. The van der Waals surface area contributed by atoms with Crippen LogP contribution in [0, 0.1) is 6.92 Å². The highest BCUT2D eigenvalue weighted by Crippen LogP contribution is 2.30. The third-order valence-electron chi connectivity index (χ3n) is 4.15. The fourth-order valence-electron chi connectivity index (χ4n) is 2.95. The molecule has 0 fully saturated rings. The largest absolute Gasteiger partial charge is 0.506 e. The number of pyridine rings is 1. The summed E-state index contributed by atoms with van der Waals surface area (Å²) >= 11 is 0. The Morgan fingerprint density at radius 1 is 1.31 bits per heavy atom. The maximum atomic E-state index is 12.7. The van der Waals surface area contributed by atoms with Gasteiger partial charge in [-0.3, -0.25) is 9.59 Å². The first-order valence-electron chi connectivity index (χ1n) is 8.58. The minimum atomic E-state index is -0.892. The second-order valence-electron chi connectivity index (χ2n) is 6.01. The number of hydrogen-bond donors (Lipinski definition) is 1. The van der Waals surface area contributed by atoms with Gasteiger partial charge < -0.3 is 14.4 Å². The number of allylic oxidation sites excluding steroid dienone is 1. The average molecular weight is 357 g/mol. The van der Waals surface area contributed by atoms with Crippen LogP contribution in [0.4, 0.5) is 0 Å². The van der Waals surface area contributed by atoms with Crippen LogP contribution in [0.1, 0.15) is 53.0 Å². The van der Waals surface area contributed by atoms with Crippen LogP contribution in [0.3, 0.4) is 0 Å². The van der Waals surface area contributed by atoms with E-state index in [0.29, 0.717) is 29.5 Å². The van der Waals surface area contributed by atoms with E-state index in [1.54, 1.807) is 26.0 Å². The number of carbonyl (C=O) groups excluding carboxylic acids is 2. The normalized spacial score (nSPS) is 10.7. The SMILES string of the molecule is C=CCn1c(=O)c(C(=O)OCC)c(O)c2cc(C(=O)CCC)c(C)cc21. The lowest BCUT2D eigenvalue weighted by Gasteiger charge is -2.15. The van der Waals surface area contributed by atoms with Gasteiger partial charge in [-0.15, -0.1) is 6.58 Å². The summed E-state index contributed by atoms with van der Waals surface area (Å²) in [5.74, 6) is -1.41. The van der Waals surface area contributed by atoms with Gasteiger partial charge in [-0.2, -0.15) is 0 Å². The maximum absolute atomic E-state index is 12.7. The summed E-state index contributed by atoms with van der Waals surface area (Å²) in [6, 6.07) is 3.22. The molecule has 0 aliphatic heterocycles. The molecule has 138 valence electrons. The number of esters is 1. The van der Waals surface area contributed by atoms with E-state index < -0.39 is 22.8 Å². The molecule has 0 bridgehead atoms.